The molecule has 0 atom stereocenters. The Kier molecular flexibility index (Phi) is 3.10. The van der Waals surface area contributed by atoms with Gasteiger partial charge in [-0.25, -0.2) is 4.79 Å². The number of hydrogen-bond donors (Lipinski definition) is 1. The highest BCUT2D eigenvalue weighted by molar-refractivity contribution is 6.38. The van der Waals surface area contributed by atoms with Crippen LogP contribution in [-0.2, 0) is 4.84 Å². The summed E-state index contributed by atoms with van der Waals surface area (Å²) >= 11 is 6.18. The van der Waals surface area contributed by atoms with Crippen LogP contribution in [0.25, 0.3) is 10.9 Å². The van der Waals surface area contributed by atoms with Crippen molar-refractivity contribution in [2.45, 2.75) is 0 Å². The van der Waals surface area contributed by atoms with Crippen molar-refractivity contribution < 1.29 is 19.2 Å². The number of aromatic nitrogens is 2. The van der Waals surface area contributed by atoms with Crippen LogP contribution in [0.1, 0.15) is 31.1 Å². The normalized spacial score (nSPS) is 13.5. The molecular formula is C16H8ClN3O4. The maximum Gasteiger partial charge on any atom is 0.365 e. The molecule has 0 fully saturated rings. The van der Waals surface area contributed by atoms with E-state index in [0.717, 1.165) is 0 Å². The Morgan fingerprint density at radius 1 is 1.08 bits per heavy atom. The number of H-pyrrole nitrogens is 1. The van der Waals surface area contributed by atoms with Crippen LogP contribution in [0.3, 0.4) is 0 Å². The first-order valence-electron chi connectivity index (χ1n) is 6.89. The number of fused-ring (bicyclic) bond motifs is 2. The van der Waals surface area contributed by atoms with Gasteiger partial charge in [0.25, 0.3) is 11.8 Å². The Hall–Kier alpha value is -3.19. The van der Waals surface area contributed by atoms with Crippen LogP contribution >= 0.6 is 11.6 Å². The van der Waals surface area contributed by atoms with E-state index in [0.29, 0.717) is 16.0 Å². The molecule has 7 nitrogen and oxygen atoms in total. The van der Waals surface area contributed by atoms with Crippen LogP contribution in [0.15, 0.2) is 42.6 Å². The zero-order chi connectivity index (χ0) is 16.8. The van der Waals surface area contributed by atoms with Gasteiger partial charge in [-0.15, -0.1) is 0 Å². The summed E-state index contributed by atoms with van der Waals surface area (Å²) in [4.78, 5) is 41.8. The number of benzene rings is 2. The molecule has 1 aromatic heterocycles. The highest BCUT2D eigenvalue weighted by Crippen LogP contribution is 2.28. The minimum Gasteiger partial charge on any atom is -0.324 e. The van der Waals surface area contributed by atoms with Gasteiger partial charge in [0.1, 0.15) is 0 Å². The Labute approximate surface area is 139 Å². The average Bonchev–Trinajstić information content (AvgIpc) is 3.15. The second-order valence-corrected chi connectivity index (χ2v) is 5.47. The van der Waals surface area contributed by atoms with Gasteiger partial charge in [-0.05, 0) is 24.3 Å². The van der Waals surface area contributed by atoms with Gasteiger partial charge in [0.05, 0.1) is 33.4 Å². The van der Waals surface area contributed by atoms with E-state index in [2.05, 4.69) is 10.2 Å². The number of hydroxylamine groups is 2. The maximum absolute atomic E-state index is 12.3. The molecule has 0 saturated carbocycles. The van der Waals surface area contributed by atoms with Gasteiger partial charge in [-0.3, -0.25) is 14.7 Å². The maximum atomic E-state index is 12.3. The highest BCUT2D eigenvalue weighted by Gasteiger charge is 2.39. The van der Waals surface area contributed by atoms with E-state index in [-0.39, 0.29) is 21.7 Å². The molecule has 0 bridgehead atoms. The minimum atomic E-state index is -0.905. The monoisotopic (exact) mass is 341 g/mol. The number of rotatable bonds is 2. The quantitative estimate of drug-likeness (QED) is 0.723. The summed E-state index contributed by atoms with van der Waals surface area (Å²) < 4.78 is 0. The molecule has 0 aliphatic carbocycles. The third-order valence-corrected chi connectivity index (χ3v) is 4.12. The molecule has 0 radical (unpaired) electrons. The number of nitrogens with zero attached hydrogens (tertiary/aromatic N) is 2. The fourth-order valence-electron chi connectivity index (χ4n) is 2.52. The summed E-state index contributed by atoms with van der Waals surface area (Å²) in [6, 6.07) is 9.27. The summed E-state index contributed by atoms with van der Waals surface area (Å²) in [5, 5.41) is 7.67. The number of nitrogens with one attached hydrogen (secondary N) is 1. The predicted octanol–water partition coefficient (Wildman–Crippen LogP) is 2.58. The first-order chi connectivity index (χ1) is 11.6. The zero-order valence-corrected chi connectivity index (χ0v) is 12.7. The number of halogens is 1. The van der Waals surface area contributed by atoms with Crippen LogP contribution < -0.4 is 0 Å². The van der Waals surface area contributed by atoms with E-state index in [4.69, 9.17) is 16.4 Å². The van der Waals surface area contributed by atoms with Gasteiger partial charge in [-0.1, -0.05) is 28.8 Å². The van der Waals surface area contributed by atoms with Crippen molar-refractivity contribution in [1.82, 2.24) is 15.3 Å². The molecule has 118 valence electrons. The van der Waals surface area contributed by atoms with E-state index in [9.17, 15) is 14.4 Å². The van der Waals surface area contributed by atoms with Crippen molar-refractivity contribution >= 4 is 40.3 Å². The smallest absolute Gasteiger partial charge is 0.324 e. The second-order valence-electron chi connectivity index (χ2n) is 5.09. The Morgan fingerprint density at radius 2 is 1.75 bits per heavy atom. The van der Waals surface area contributed by atoms with E-state index in [1.54, 1.807) is 18.2 Å². The lowest BCUT2D eigenvalue weighted by Gasteiger charge is -2.13. The summed E-state index contributed by atoms with van der Waals surface area (Å²) in [5.74, 6) is -2.29. The molecule has 24 heavy (non-hydrogen) atoms. The first kappa shape index (κ1) is 14.4. The summed E-state index contributed by atoms with van der Waals surface area (Å²) in [5.41, 5.74) is 1.05. The molecule has 1 aliphatic rings. The molecule has 2 heterocycles. The van der Waals surface area contributed by atoms with E-state index >= 15 is 0 Å². The molecule has 0 unspecified atom stereocenters. The van der Waals surface area contributed by atoms with Crippen LogP contribution in [0.2, 0.25) is 5.02 Å². The molecular weight excluding hydrogens is 334 g/mol. The molecule has 1 aliphatic heterocycles. The van der Waals surface area contributed by atoms with Gasteiger partial charge in [-0.2, -0.15) is 5.10 Å². The van der Waals surface area contributed by atoms with E-state index in [1.165, 1.54) is 24.4 Å². The highest BCUT2D eigenvalue weighted by atomic mass is 35.5. The Morgan fingerprint density at radius 3 is 2.42 bits per heavy atom. The first-order valence-corrected chi connectivity index (χ1v) is 7.27. The number of aromatic amines is 1. The Bertz CT molecular complexity index is 992. The number of amides is 2. The standard InChI is InChI=1S/C16H8ClN3O4/c17-13-10(5-6-12-11(13)7-18-19-12)16(23)24-20-14(21)8-3-1-2-4-9(8)15(20)22/h1-7H,(H,18,19). The third kappa shape index (κ3) is 1.99. The fourth-order valence-corrected chi connectivity index (χ4v) is 2.81. The Balaban J connectivity index is 1.66. The van der Waals surface area contributed by atoms with Crippen LogP contribution in [0.5, 0.6) is 0 Å². The van der Waals surface area contributed by atoms with Crippen LogP contribution in [0, 0.1) is 0 Å². The summed E-state index contributed by atoms with van der Waals surface area (Å²) in [6.45, 7) is 0. The van der Waals surface area contributed by atoms with Crippen molar-refractivity contribution in [3.8, 4) is 0 Å². The van der Waals surface area contributed by atoms with Crippen molar-refractivity contribution in [3.63, 3.8) is 0 Å². The van der Waals surface area contributed by atoms with Crippen LogP contribution in [0.4, 0.5) is 0 Å². The van der Waals surface area contributed by atoms with Crippen LogP contribution in [-0.4, -0.2) is 33.0 Å². The number of carbonyl (C=O) groups is 3. The second kappa shape index (κ2) is 5.17. The van der Waals surface area contributed by atoms with Gasteiger partial charge in [0, 0.05) is 5.39 Å². The topological polar surface area (TPSA) is 92.4 Å². The zero-order valence-electron chi connectivity index (χ0n) is 11.9. The van der Waals surface area contributed by atoms with Crippen molar-refractivity contribution in [2.24, 2.45) is 0 Å². The predicted molar refractivity (Wildman–Crippen MR) is 83.5 cm³/mol. The summed E-state index contributed by atoms with van der Waals surface area (Å²) in [7, 11) is 0. The van der Waals surface area contributed by atoms with Crippen molar-refractivity contribution in [3.05, 3.63) is 64.3 Å². The molecule has 8 heteroatoms. The molecule has 4 rings (SSSR count). The minimum absolute atomic E-state index is 0.0297. The lowest BCUT2D eigenvalue weighted by molar-refractivity contribution is -0.0584. The van der Waals surface area contributed by atoms with E-state index < -0.39 is 17.8 Å². The lowest BCUT2D eigenvalue weighted by atomic mass is 10.1. The largest absolute Gasteiger partial charge is 0.365 e. The molecule has 3 aromatic rings. The molecule has 0 saturated heterocycles. The lowest BCUT2D eigenvalue weighted by Crippen LogP contribution is -2.32. The van der Waals surface area contributed by atoms with Crippen molar-refractivity contribution in [1.29, 1.82) is 0 Å². The van der Waals surface area contributed by atoms with Gasteiger partial charge < -0.3 is 4.84 Å². The number of imide groups is 1. The SMILES string of the molecule is O=C(ON1C(=O)c2ccccc2C1=O)c1ccc2[nH]ncc2c1Cl. The van der Waals surface area contributed by atoms with Gasteiger partial charge >= 0.3 is 5.97 Å². The molecule has 1 N–H and O–H groups in total. The van der Waals surface area contributed by atoms with Gasteiger partial charge in [0.15, 0.2) is 0 Å². The fraction of sp³-hybridized carbons (Fsp3) is 0. The molecule has 2 amide bonds. The average molecular weight is 342 g/mol. The number of carbonyl (C=O) groups excluding carboxylic acids is 3. The number of hydrogen-bond acceptors (Lipinski definition) is 5. The van der Waals surface area contributed by atoms with Gasteiger partial charge in [0.2, 0.25) is 0 Å². The molecule has 0 spiro atoms. The molecule has 2 aromatic carbocycles. The van der Waals surface area contributed by atoms with E-state index in [1.807, 2.05) is 0 Å². The van der Waals surface area contributed by atoms with Crippen molar-refractivity contribution in [2.75, 3.05) is 0 Å². The third-order valence-electron chi connectivity index (χ3n) is 3.71. The summed E-state index contributed by atoms with van der Waals surface area (Å²) in [6.07, 6.45) is 1.47.